The van der Waals surface area contributed by atoms with Crippen LogP contribution in [0.1, 0.15) is 65.2 Å². The molecule has 4 fully saturated rings. The number of aliphatic hydroxyl groups is 3. The standard InChI is InChI=1S/C24H36O5/c1-22-7-4-14(26)10-13(22)11-16(21(27)28)19-17(22)5-8-23(2)20(19)15-12-18(15)24(23,29)6-3-9-25/h10,14-20,25-26,29H,3-9,11-12H2,1-2H3,(H,27,28)/t14-,15+,16+,17-,18-,19+,20-,22-,23-,24-/m0/s1. The van der Waals surface area contributed by atoms with Gasteiger partial charge in [0.15, 0.2) is 0 Å². The van der Waals surface area contributed by atoms with Gasteiger partial charge in [-0.25, -0.2) is 0 Å². The first-order valence-electron chi connectivity index (χ1n) is 11.6. The number of hydrogen-bond acceptors (Lipinski definition) is 4. The fourth-order valence-corrected chi connectivity index (χ4v) is 8.89. The molecule has 0 aromatic heterocycles. The summed E-state index contributed by atoms with van der Waals surface area (Å²) < 4.78 is 0. The van der Waals surface area contributed by atoms with Crippen LogP contribution < -0.4 is 0 Å². The quantitative estimate of drug-likeness (QED) is 0.540. The molecule has 0 bridgehead atoms. The highest BCUT2D eigenvalue weighted by molar-refractivity contribution is 5.71. The largest absolute Gasteiger partial charge is 0.481 e. The van der Waals surface area contributed by atoms with E-state index in [1.54, 1.807) is 0 Å². The highest BCUT2D eigenvalue weighted by Crippen LogP contribution is 2.78. The summed E-state index contributed by atoms with van der Waals surface area (Å²) in [6.07, 6.45) is 7.88. The van der Waals surface area contributed by atoms with Crippen molar-refractivity contribution < 1.29 is 25.2 Å². The normalized spacial score (nSPS) is 55.2. The van der Waals surface area contributed by atoms with Crippen molar-refractivity contribution in [3.05, 3.63) is 11.6 Å². The van der Waals surface area contributed by atoms with Crippen molar-refractivity contribution in [1.82, 2.24) is 0 Å². The van der Waals surface area contributed by atoms with Crippen LogP contribution in [0.3, 0.4) is 0 Å². The summed E-state index contributed by atoms with van der Waals surface area (Å²) in [5, 5.41) is 41.6. The first-order chi connectivity index (χ1) is 13.7. The van der Waals surface area contributed by atoms with Gasteiger partial charge in [0.05, 0.1) is 17.6 Å². The highest BCUT2D eigenvalue weighted by atomic mass is 16.4. The molecule has 4 N–H and O–H groups in total. The predicted octanol–water partition coefficient (Wildman–Crippen LogP) is 2.98. The molecule has 0 aromatic rings. The Balaban J connectivity index is 1.57. The molecule has 0 spiro atoms. The van der Waals surface area contributed by atoms with Crippen molar-refractivity contribution in [2.45, 2.75) is 76.9 Å². The number of carboxylic acid groups (broad SMARTS) is 1. The monoisotopic (exact) mass is 404 g/mol. The molecule has 5 aliphatic carbocycles. The van der Waals surface area contributed by atoms with E-state index >= 15 is 0 Å². The van der Waals surface area contributed by atoms with Crippen molar-refractivity contribution in [2.24, 2.45) is 46.3 Å². The van der Waals surface area contributed by atoms with Gasteiger partial charge in [0.1, 0.15) is 0 Å². The number of fused-ring (bicyclic) bond motifs is 7. The summed E-state index contributed by atoms with van der Waals surface area (Å²) >= 11 is 0. The molecule has 0 amide bonds. The van der Waals surface area contributed by atoms with Gasteiger partial charge in [-0.3, -0.25) is 4.79 Å². The third-order valence-corrected chi connectivity index (χ3v) is 10.3. The molecule has 5 rings (SSSR count). The molecule has 0 unspecified atom stereocenters. The van der Waals surface area contributed by atoms with Gasteiger partial charge < -0.3 is 20.4 Å². The fourth-order valence-electron chi connectivity index (χ4n) is 8.89. The van der Waals surface area contributed by atoms with Gasteiger partial charge in [-0.2, -0.15) is 0 Å². The lowest BCUT2D eigenvalue weighted by Crippen LogP contribution is -2.59. The van der Waals surface area contributed by atoms with Gasteiger partial charge in [0, 0.05) is 6.61 Å². The maximum atomic E-state index is 12.4. The number of carbonyl (C=O) groups is 1. The van der Waals surface area contributed by atoms with E-state index in [0.29, 0.717) is 31.1 Å². The van der Waals surface area contributed by atoms with Crippen molar-refractivity contribution in [2.75, 3.05) is 6.61 Å². The number of carboxylic acids is 1. The maximum Gasteiger partial charge on any atom is 0.307 e. The summed E-state index contributed by atoms with van der Waals surface area (Å²) in [6, 6.07) is 0. The lowest BCUT2D eigenvalue weighted by Gasteiger charge is -2.62. The molecule has 5 heteroatoms. The second kappa shape index (κ2) is 6.30. The van der Waals surface area contributed by atoms with Crippen molar-refractivity contribution in [1.29, 1.82) is 0 Å². The molecular formula is C24H36O5. The minimum atomic E-state index is -0.765. The topological polar surface area (TPSA) is 98.0 Å². The molecular weight excluding hydrogens is 368 g/mol. The molecule has 29 heavy (non-hydrogen) atoms. The smallest absolute Gasteiger partial charge is 0.307 e. The van der Waals surface area contributed by atoms with Crippen LogP contribution in [0.5, 0.6) is 0 Å². The number of aliphatic carboxylic acids is 1. The third kappa shape index (κ3) is 2.47. The van der Waals surface area contributed by atoms with Gasteiger partial charge in [0.25, 0.3) is 0 Å². The van der Waals surface area contributed by atoms with Gasteiger partial charge >= 0.3 is 5.97 Å². The molecule has 0 saturated heterocycles. The zero-order chi connectivity index (χ0) is 20.8. The van der Waals surface area contributed by atoms with Crippen LogP contribution in [0, 0.1) is 46.3 Å². The SMILES string of the molecule is C[C@]12CC[C@H](O)C=C1C[C@@H](C(=O)O)[C@H]1[C@@H]3[C@@H]4C[C@@H]4[C@@](O)(CCCO)[C@@]3(C)CC[C@@H]12. The van der Waals surface area contributed by atoms with Gasteiger partial charge in [-0.15, -0.1) is 0 Å². The highest BCUT2D eigenvalue weighted by Gasteiger charge is 2.76. The van der Waals surface area contributed by atoms with Crippen LogP contribution in [0.15, 0.2) is 11.6 Å². The zero-order valence-corrected chi connectivity index (χ0v) is 17.7. The molecule has 0 radical (unpaired) electrons. The number of allylic oxidation sites excluding steroid dienone is 1. The van der Waals surface area contributed by atoms with Crippen molar-refractivity contribution in [3.63, 3.8) is 0 Å². The summed E-state index contributed by atoms with van der Waals surface area (Å²) in [4.78, 5) is 12.4. The number of rotatable bonds is 4. The van der Waals surface area contributed by atoms with Gasteiger partial charge in [-0.1, -0.05) is 25.5 Å². The molecule has 10 atom stereocenters. The molecule has 0 heterocycles. The van der Waals surface area contributed by atoms with Crippen molar-refractivity contribution in [3.8, 4) is 0 Å². The van der Waals surface area contributed by atoms with E-state index in [1.165, 1.54) is 0 Å². The molecule has 162 valence electrons. The Kier molecular flexibility index (Phi) is 4.35. The third-order valence-electron chi connectivity index (χ3n) is 10.3. The van der Waals surface area contributed by atoms with E-state index in [4.69, 9.17) is 0 Å². The average molecular weight is 405 g/mol. The summed E-state index contributed by atoms with van der Waals surface area (Å²) in [5.74, 6) is 0.237. The average Bonchev–Trinajstić information content (AvgIpc) is 3.43. The van der Waals surface area contributed by atoms with Crippen LogP contribution >= 0.6 is 0 Å². The lowest BCUT2D eigenvalue weighted by atomic mass is 9.43. The first kappa shape index (κ1) is 20.0. The summed E-state index contributed by atoms with van der Waals surface area (Å²) in [7, 11) is 0. The molecule has 0 aromatic carbocycles. The second-order valence-corrected chi connectivity index (χ2v) is 11.3. The Hall–Kier alpha value is -0.910. The molecule has 5 aliphatic rings. The maximum absolute atomic E-state index is 12.4. The van der Waals surface area contributed by atoms with Gasteiger partial charge in [-0.05, 0) is 91.8 Å². The van der Waals surface area contributed by atoms with Crippen LogP contribution in [0.25, 0.3) is 0 Å². The zero-order valence-electron chi connectivity index (χ0n) is 17.7. The van der Waals surface area contributed by atoms with Gasteiger partial charge in [0.2, 0.25) is 0 Å². The van der Waals surface area contributed by atoms with E-state index in [0.717, 1.165) is 37.7 Å². The lowest BCUT2D eigenvalue weighted by molar-refractivity contribution is -0.175. The molecule has 5 nitrogen and oxygen atoms in total. The number of hydrogen-bond donors (Lipinski definition) is 4. The van der Waals surface area contributed by atoms with E-state index in [2.05, 4.69) is 13.8 Å². The van der Waals surface area contributed by atoms with Crippen LogP contribution in [0.4, 0.5) is 0 Å². The fraction of sp³-hybridized carbons (Fsp3) is 0.875. The van der Waals surface area contributed by atoms with E-state index in [1.807, 2.05) is 6.08 Å². The summed E-state index contributed by atoms with van der Waals surface area (Å²) in [5.41, 5.74) is 0.122. The van der Waals surface area contributed by atoms with E-state index < -0.39 is 23.6 Å². The Labute approximate surface area is 173 Å². The minimum Gasteiger partial charge on any atom is -0.481 e. The van der Waals surface area contributed by atoms with Crippen LogP contribution in [-0.2, 0) is 4.79 Å². The Morgan fingerprint density at radius 3 is 2.66 bits per heavy atom. The van der Waals surface area contributed by atoms with E-state index in [9.17, 15) is 25.2 Å². The Morgan fingerprint density at radius 2 is 1.97 bits per heavy atom. The Bertz CT molecular complexity index is 748. The van der Waals surface area contributed by atoms with Crippen LogP contribution in [0.2, 0.25) is 0 Å². The van der Waals surface area contributed by atoms with Crippen LogP contribution in [-0.4, -0.2) is 44.7 Å². The minimum absolute atomic E-state index is 0.0205. The first-order valence-corrected chi connectivity index (χ1v) is 11.6. The molecule has 4 saturated carbocycles. The van der Waals surface area contributed by atoms with E-state index in [-0.39, 0.29) is 35.2 Å². The van der Waals surface area contributed by atoms with Crippen molar-refractivity contribution >= 4 is 5.97 Å². The predicted molar refractivity (Wildman–Crippen MR) is 108 cm³/mol. The molecule has 0 aliphatic heterocycles. The second-order valence-electron chi connectivity index (χ2n) is 11.3. The Morgan fingerprint density at radius 1 is 1.21 bits per heavy atom. The summed E-state index contributed by atoms with van der Waals surface area (Å²) in [6.45, 7) is 4.62. The number of aliphatic hydroxyl groups excluding tert-OH is 2.